The van der Waals surface area contributed by atoms with Crippen molar-refractivity contribution in [1.82, 2.24) is 10.2 Å². The number of nitrogens with one attached hydrogen (secondary N) is 1. The lowest BCUT2D eigenvalue weighted by molar-refractivity contribution is 0.199. The molecule has 0 fully saturated rings. The van der Waals surface area contributed by atoms with Crippen LogP contribution in [0.3, 0.4) is 0 Å². The molecular formula is C24H33N3O2. The molecule has 1 unspecified atom stereocenters. The number of hydrogen-bond acceptors (Lipinski definition) is 4. The van der Waals surface area contributed by atoms with Gasteiger partial charge in [0.15, 0.2) is 0 Å². The minimum absolute atomic E-state index is 0.187. The van der Waals surface area contributed by atoms with E-state index in [0.717, 1.165) is 24.9 Å². The molecule has 0 aromatic heterocycles. The van der Waals surface area contributed by atoms with Crippen molar-refractivity contribution in [3.05, 3.63) is 59.7 Å². The van der Waals surface area contributed by atoms with Crippen LogP contribution in [0.2, 0.25) is 0 Å². The van der Waals surface area contributed by atoms with Crippen molar-refractivity contribution in [3.8, 4) is 5.75 Å². The largest absolute Gasteiger partial charge is 0.412 e. The van der Waals surface area contributed by atoms with Crippen molar-refractivity contribution in [2.75, 3.05) is 25.5 Å². The smallest absolute Gasteiger partial charge is 0.410 e. The number of carbonyl (C=O) groups excluding carboxylic acids is 1. The minimum Gasteiger partial charge on any atom is -0.410 e. The molecule has 1 N–H and O–H groups in total. The van der Waals surface area contributed by atoms with Gasteiger partial charge in [-0.25, -0.2) is 4.79 Å². The summed E-state index contributed by atoms with van der Waals surface area (Å²) in [7, 11) is 4.23. The van der Waals surface area contributed by atoms with Gasteiger partial charge in [-0.1, -0.05) is 62.9 Å². The van der Waals surface area contributed by atoms with Gasteiger partial charge in [-0.15, -0.1) is 0 Å². The number of anilines is 1. The summed E-state index contributed by atoms with van der Waals surface area (Å²) in [5.41, 5.74) is 3.59. The number of carbonyl (C=O) groups is 1. The highest BCUT2D eigenvalue weighted by atomic mass is 16.6. The third-order valence-electron chi connectivity index (χ3n) is 5.49. The van der Waals surface area contributed by atoms with Crippen molar-refractivity contribution in [2.45, 2.75) is 51.7 Å². The van der Waals surface area contributed by atoms with Gasteiger partial charge in [-0.3, -0.25) is 4.90 Å². The molecule has 1 amide bonds. The molecule has 1 atom stereocenters. The topological polar surface area (TPSA) is 44.8 Å². The summed E-state index contributed by atoms with van der Waals surface area (Å²) in [5.74, 6) is 0.590. The van der Waals surface area contributed by atoms with Crippen molar-refractivity contribution in [2.24, 2.45) is 0 Å². The Morgan fingerprint density at radius 1 is 1.07 bits per heavy atom. The quantitative estimate of drug-likeness (QED) is 0.614. The maximum atomic E-state index is 12.1. The molecule has 2 aromatic carbocycles. The molecule has 0 saturated heterocycles. The summed E-state index contributed by atoms with van der Waals surface area (Å²) in [5, 5.41) is 2.85. The highest BCUT2D eigenvalue weighted by Crippen LogP contribution is 2.38. The number of hydrogen-bond donors (Lipinski definition) is 1. The van der Waals surface area contributed by atoms with Crippen LogP contribution in [0.5, 0.6) is 5.75 Å². The van der Waals surface area contributed by atoms with Crippen LogP contribution < -0.4 is 15.0 Å². The maximum absolute atomic E-state index is 12.1. The first-order valence-electron chi connectivity index (χ1n) is 10.7. The van der Waals surface area contributed by atoms with Crippen LogP contribution in [-0.2, 0) is 6.54 Å². The molecule has 29 heavy (non-hydrogen) atoms. The second kappa shape index (κ2) is 10.3. The van der Waals surface area contributed by atoms with Crippen LogP contribution in [0.15, 0.2) is 48.5 Å². The maximum Gasteiger partial charge on any atom is 0.412 e. The van der Waals surface area contributed by atoms with Gasteiger partial charge < -0.3 is 15.0 Å². The van der Waals surface area contributed by atoms with Gasteiger partial charge in [0, 0.05) is 25.8 Å². The average molecular weight is 396 g/mol. The highest BCUT2D eigenvalue weighted by Gasteiger charge is 2.29. The molecule has 0 aliphatic carbocycles. The fourth-order valence-corrected chi connectivity index (χ4v) is 4.04. The van der Waals surface area contributed by atoms with Crippen LogP contribution in [0, 0.1) is 0 Å². The van der Waals surface area contributed by atoms with E-state index in [2.05, 4.69) is 60.4 Å². The first-order chi connectivity index (χ1) is 14.1. The Balaban J connectivity index is 1.59. The van der Waals surface area contributed by atoms with Crippen molar-refractivity contribution in [3.63, 3.8) is 0 Å². The van der Waals surface area contributed by atoms with Crippen molar-refractivity contribution < 1.29 is 9.53 Å². The standard InChI is InChI=1S/C24H33N3O2/c1-4-5-6-7-11-16-25-24(28)29-21-14-15-22-20(17-21)18-26(2)23(27(22)3)19-12-9-8-10-13-19/h8-10,12-15,17,23H,4-7,11,16,18H2,1-3H3,(H,25,28). The molecule has 2 aromatic rings. The summed E-state index contributed by atoms with van der Waals surface area (Å²) in [6.07, 6.45) is 5.66. The van der Waals surface area contributed by atoms with E-state index in [-0.39, 0.29) is 12.3 Å². The number of unbranched alkanes of at least 4 members (excludes halogenated alkanes) is 4. The third-order valence-corrected chi connectivity index (χ3v) is 5.49. The lowest BCUT2D eigenvalue weighted by atomic mass is 10.0. The molecule has 5 nitrogen and oxygen atoms in total. The Morgan fingerprint density at radius 2 is 1.83 bits per heavy atom. The summed E-state index contributed by atoms with van der Waals surface area (Å²) in [4.78, 5) is 16.7. The monoisotopic (exact) mass is 395 g/mol. The molecule has 0 radical (unpaired) electrons. The van der Waals surface area contributed by atoms with Gasteiger partial charge >= 0.3 is 6.09 Å². The number of nitrogens with zero attached hydrogens (tertiary/aromatic N) is 2. The number of amides is 1. The number of ether oxygens (including phenoxy) is 1. The van der Waals surface area contributed by atoms with E-state index < -0.39 is 0 Å². The average Bonchev–Trinajstić information content (AvgIpc) is 2.71. The van der Waals surface area contributed by atoms with Crippen LogP contribution in [0.4, 0.5) is 10.5 Å². The summed E-state index contributed by atoms with van der Waals surface area (Å²) in [6, 6.07) is 16.4. The second-order valence-electron chi connectivity index (χ2n) is 7.83. The summed E-state index contributed by atoms with van der Waals surface area (Å²) in [6.45, 7) is 3.67. The van der Waals surface area contributed by atoms with Gasteiger partial charge in [0.1, 0.15) is 11.9 Å². The zero-order valence-electron chi connectivity index (χ0n) is 17.9. The van der Waals surface area contributed by atoms with E-state index in [1.165, 1.54) is 30.5 Å². The van der Waals surface area contributed by atoms with Crippen LogP contribution in [0.25, 0.3) is 0 Å². The minimum atomic E-state index is -0.375. The van der Waals surface area contributed by atoms with E-state index in [9.17, 15) is 4.79 Å². The van der Waals surface area contributed by atoms with Crippen molar-refractivity contribution >= 4 is 11.8 Å². The second-order valence-corrected chi connectivity index (χ2v) is 7.83. The van der Waals surface area contributed by atoms with E-state index in [1.54, 1.807) is 0 Å². The molecule has 1 aliphatic heterocycles. The van der Waals surface area contributed by atoms with Crippen molar-refractivity contribution in [1.29, 1.82) is 0 Å². The number of rotatable bonds is 8. The zero-order valence-corrected chi connectivity index (χ0v) is 17.9. The third kappa shape index (κ3) is 5.51. The fraction of sp³-hybridized carbons (Fsp3) is 0.458. The number of benzene rings is 2. The molecule has 3 rings (SSSR count). The number of fused-ring (bicyclic) bond motifs is 1. The molecular weight excluding hydrogens is 362 g/mol. The zero-order chi connectivity index (χ0) is 20.6. The van der Waals surface area contributed by atoms with E-state index in [1.807, 2.05) is 24.3 Å². The fourth-order valence-electron chi connectivity index (χ4n) is 4.04. The molecule has 0 bridgehead atoms. The van der Waals surface area contributed by atoms with Crippen LogP contribution in [-0.4, -0.2) is 31.6 Å². The molecule has 0 saturated carbocycles. The molecule has 1 heterocycles. The van der Waals surface area contributed by atoms with Crippen LogP contribution >= 0.6 is 0 Å². The van der Waals surface area contributed by atoms with E-state index in [0.29, 0.717) is 12.3 Å². The summed E-state index contributed by atoms with van der Waals surface area (Å²) < 4.78 is 5.50. The SMILES string of the molecule is CCCCCCCNC(=O)Oc1ccc2c(c1)CN(C)C(c1ccccc1)N2C. The predicted octanol–water partition coefficient (Wildman–Crippen LogP) is 5.33. The Hall–Kier alpha value is -2.53. The van der Waals surface area contributed by atoms with E-state index >= 15 is 0 Å². The molecule has 156 valence electrons. The van der Waals surface area contributed by atoms with Gasteiger partial charge in [0.2, 0.25) is 0 Å². The van der Waals surface area contributed by atoms with Crippen LogP contribution in [0.1, 0.15) is 56.3 Å². The normalized spacial score (nSPS) is 16.4. The molecule has 0 spiro atoms. The Kier molecular flexibility index (Phi) is 7.53. The highest BCUT2D eigenvalue weighted by molar-refractivity contribution is 5.71. The molecule has 1 aliphatic rings. The Labute approximate surface area is 174 Å². The first-order valence-corrected chi connectivity index (χ1v) is 10.7. The van der Waals surface area contributed by atoms with Gasteiger partial charge in [-0.2, -0.15) is 0 Å². The Bertz CT molecular complexity index is 794. The van der Waals surface area contributed by atoms with Gasteiger partial charge in [0.25, 0.3) is 0 Å². The lowest BCUT2D eigenvalue weighted by Crippen LogP contribution is -2.41. The van der Waals surface area contributed by atoms with Gasteiger partial charge in [0.05, 0.1) is 0 Å². The Morgan fingerprint density at radius 3 is 2.59 bits per heavy atom. The first kappa shape index (κ1) is 21.2. The molecule has 5 heteroatoms. The lowest BCUT2D eigenvalue weighted by Gasteiger charge is -2.42. The van der Waals surface area contributed by atoms with Gasteiger partial charge in [-0.05, 0) is 42.8 Å². The predicted molar refractivity (Wildman–Crippen MR) is 118 cm³/mol. The summed E-state index contributed by atoms with van der Waals surface area (Å²) >= 11 is 0. The van der Waals surface area contributed by atoms with E-state index in [4.69, 9.17) is 4.74 Å².